The molecule has 3 rings (SSSR count). The first-order valence-corrected chi connectivity index (χ1v) is 9.34. The standard InChI is InChI=1S/C21H23ClN2O3/c1-5-27-21(26)15-10-13(4)24-17(11-15)23-18(12(2)3)19(24)20(25)14-6-8-16(22)9-7-14/h6-12,20,25H,5H2,1-4H3. The van der Waals surface area contributed by atoms with Gasteiger partial charge in [-0.3, -0.25) is 4.40 Å². The minimum Gasteiger partial charge on any atom is -0.462 e. The average Bonchev–Trinajstić information content (AvgIpc) is 3.02. The van der Waals surface area contributed by atoms with Crippen molar-refractivity contribution in [1.29, 1.82) is 0 Å². The second-order valence-corrected chi connectivity index (χ2v) is 7.23. The van der Waals surface area contributed by atoms with Gasteiger partial charge >= 0.3 is 5.97 Å². The predicted octanol–water partition coefficient (Wildman–Crippen LogP) is 4.68. The fourth-order valence-corrected chi connectivity index (χ4v) is 3.35. The van der Waals surface area contributed by atoms with Crippen LogP contribution in [0.4, 0.5) is 0 Å². The van der Waals surface area contributed by atoms with Crippen LogP contribution in [0.2, 0.25) is 5.02 Å². The Morgan fingerprint density at radius 3 is 2.52 bits per heavy atom. The Hall–Kier alpha value is -2.37. The fourth-order valence-electron chi connectivity index (χ4n) is 3.23. The number of carbonyl (C=O) groups is 1. The minimum atomic E-state index is -0.859. The van der Waals surface area contributed by atoms with Crippen molar-refractivity contribution in [3.8, 4) is 0 Å². The van der Waals surface area contributed by atoms with Gasteiger partial charge in [0.1, 0.15) is 11.8 Å². The number of benzene rings is 1. The van der Waals surface area contributed by atoms with E-state index in [1.165, 1.54) is 0 Å². The summed E-state index contributed by atoms with van der Waals surface area (Å²) in [5.41, 5.74) is 4.10. The van der Waals surface area contributed by atoms with Crippen molar-refractivity contribution in [2.75, 3.05) is 6.61 Å². The van der Waals surface area contributed by atoms with Gasteiger partial charge in [0.05, 0.1) is 23.6 Å². The summed E-state index contributed by atoms with van der Waals surface area (Å²) in [5.74, 6) is -0.274. The molecule has 0 aliphatic heterocycles. The number of carbonyl (C=O) groups excluding carboxylic acids is 1. The largest absolute Gasteiger partial charge is 0.462 e. The number of imidazole rings is 1. The second kappa shape index (κ2) is 7.71. The maximum Gasteiger partial charge on any atom is 0.338 e. The number of aliphatic hydroxyl groups excluding tert-OH is 1. The van der Waals surface area contributed by atoms with Gasteiger partial charge in [-0.15, -0.1) is 0 Å². The first kappa shape index (κ1) is 19.4. The highest BCUT2D eigenvalue weighted by molar-refractivity contribution is 6.30. The normalized spacial score (nSPS) is 12.6. The number of pyridine rings is 1. The lowest BCUT2D eigenvalue weighted by Gasteiger charge is -2.16. The topological polar surface area (TPSA) is 63.8 Å². The number of rotatable bonds is 5. The van der Waals surface area contributed by atoms with Crippen molar-refractivity contribution in [3.63, 3.8) is 0 Å². The molecule has 142 valence electrons. The number of aromatic nitrogens is 2. The van der Waals surface area contributed by atoms with Gasteiger partial charge in [-0.1, -0.05) is 37.6 Å². The highest BCUT2D eigenvalue weighted by Crippen LogP contribution is 2.32. The summed E-state index contributed by atoms with van der Waals surface area (Å²) >= 11 is 5.97. The molecule has 0 radical (unpaired) electrons. The lowest BCUT2D eigenvalue weighted by molar-refractivity contribution is 0.0526. The van der Waals surface area contributed by atoms with Crippen LogP contribution in [0.1, 0.15) is 65.8 Å². The van der Waals surface area contributed by atoms with Crippen LogP contribution in [0.25, 0.3) is 5.65 Å². The molecule has 0 amide bonds. The van der Waals surface area contributed by atoms with Crippen LogP contribution in [-0.4, -0.2) is 27.1 Å². The Bertz CT molecular complexity index is 977. The smallest absolute Gasteiger partial charge is 0.338 e. The van der Waals surface area contributed by atoms with Gasteiger partial charge < -0.3 is 9.84 Å². The Morgan fingerprint density at radius 1 is 1.26 bits per heavy atom. The molecule has 1 aromatic carbocycles. The van der Waals surface area contributed by atoms with E-state index in [9.17, 15) is 9.90 Å². The van der Waals surface area contributed by atoms with E-state index in [1.807, 2.05) is 25.2 Å². The van der Waals surface area contributed by atoms with Gasteiger partial charge in [0.15, 0.2) is 0 Å². The highest BCUT2D eigenvalue weighted by atomic mass is 35.5. The number of hydrogen-bond acceptors (Lipinski definition) is 4. The molecule has 0 fully saturated rings. The fraction of sp³-hybridized carbons (Fsp3) is 0.333. The van der Waals surface area contributed by atoms with E-state index in [0.717, 1.165) is 17.0 Å². The molecule has 2 aromatic heterocycles. The molecule has 0 bridgehead atoms. The van der Waals surface area contributed by atoms with Gasteiger partial charge in [0.25, 0.3) is 0 Å². The van der Waals surface area contributed by atoms with E-state index in [1.54, 1.807) is 43.3 Å². The van der Waals surface area contributed by atoms with Crippen LogP contribution in [0.5, 0.6) is 0 Å². The number of hydrogen-bond donors (Lipinski definition) is 1. The molecule has 0 aliphatic rings. The number of halogens is 1. The van der Waals surface area contributed by atoms with Crippen LogP contribution < -0.4 is 0 Å². The molecule has 3 aromatic rings. The summed E-state index contributed by atoms with van der Waals surface area (Å²) in [5, 5.41) is 11.7. The van der Waals surface area contributed by atoms with Crippen LogP contribution in [-0.2, 0) is 4.74 Å². The van der Waals surface area contributed by atoms with Crippen molar-refractivity contribution in [2.45, 2.75) is 39.7 Å². The zero-order valence-electron chi connectivity index (χ0n) is 15.9. The lowest BCUT2D eigenvalue weighted by Crippen LogP contribution is -2.10. The Balaban J connectivity index is 2.20. The quantitative estimate of drug-likeness (QED) is 0.647. The van der Waals surface area contributed by atoms with Crippen molar-refractivity contribution in [3.05, 3.63) is 69.6 Å². The molecule has 5 nitrogen and oxygen atoms in total. The average molecular weight is 387 g/mol. The molecule has 0 spiro atoms. The third-order valence-electron chi connectivity index (χ3n) is 4.47. The summed E-state index contributed by atoms with van der Waals surface area (Å²) in [7, 11) is 0. The maximum atomic E-state index is 12.1. The van der Waals surface area contributed by atoms with Crippen LogP contribution in [0.3, 0.4) is 0 Å². The van der Waals surface area contributed by atoms with E-state index < -0.39 is 6.10 Å². The van der Waals surface area contributed by atoms with Crippen molar-refractivity contribution in [1.82, 2.24) is 9.38 Å². The molecular weight excluding hydrogens is 364 g/mol. The van der Waals surface area contributed by atoms with Crippen molar-refractivity contribution >= 4 is 23.2 Å². The minimum absolute atomic E-state index is 0.104. The molecule has 1 atom stereocenters. The first-order valence-electron chi connectivity index (χ1n) is 8.97. The van der Waals surface area contributed by atoms with E-state index >= 15 is 0 Å². The van der Waals surface area contributed by atoms with E-state index in [-0.39, 0.29) is 11.9 Å². The van der Waals surface area contributed by atoms with E-state index in [0.29, 0.717) is 28.5 Å². The third kappa shape index (κ3) is 3.70. The number of aryl methyl sites for hydroxylation is 1. The first-order chi connectivity index (χ1) is 12.8. The van der Waals surface area contributed by atoms with Crippen LogP contribution in [0.15, 0.2) is 36.4 Å². The Labute approximate surface area is 163 Å². The summed E-state index contributed by atoms with van der Waals surface area (Å²) in [4.78, 5) is 16.8. The maximum absolute atomic E-state index is 12.1. The van der Waals surface area contributed by atoms with E-state index in [2.05, 4.69) is 0 Å². The molecule has 0 saturated carbocycles. The van der Waals surface area contributed by atoms with Gasteiger partial charge in [0.2, 0.25) is 0 Å². The van der Waals surface area contributed by atoms with Crippen molar-refractivity contribution in [2.24, 2.45) is 0 Å². The lowest BCUT2D eigenvalue weighted by atomic mass is 10.00. The Morgan fingerprint density at radius 2 is 1.93 bits per heavy atom. The van der Waals surface area contributed by atoms with Gasteiger partial charge in [0, 0.05) is 10.7 Å². The molecular formula is C21H23ClN2O3. The third-order valence-corrected chi connectivity index (χ3v) is 4.72. The summed E-state index contributed by atoms with van der Waals surface area (Å²) in [6.07, 6.45) is -0.859. The molecule has 2 heterocycles. The monoisotopic (exact) mass is 386 g/mol. The summed E-state index contributed by atoms with van der Waals surface area (Å²) in [6, 6.07) is 10.6. The molecule has 0 saturated heterocycles. The second-order valence-electron chi connectivity index (χ2n) is 6.79. The summed E-state index contributed by atoms with van der Waals surface area (Å²) in [6.45, 7) is 8.04. The number of esters is 1. The SMILES string of the molecule is CCOC(=O)c1cc(C)n2c(C(O)c3ccc(Cl)cc3)c(C(C)C)nc2c1. The summed E-state index contributed by atoms with van der Waals surface area (Å²) < 4.78 is 7.01. The number of ether oxygens (including phenoxy) is 1. The van der Waals surface area contributed by atoms with Crippen LogP contribution in [0, 0.1) is 6.92 Å². The Kier molecular flexibility index (Phi) is 5.53. The molecule has 0 aliphatic carbocycles. The number of fused-ring (bicyclic) bond motifs is 1. The van der Waals surface area contributed by atoms with Gasteiger partial charge in [-0.2, -0.15) is 0 Å². The number of nitrogens with zero attached hydrogens (tertiary/aromatic N) is 2. The molecule has 1 N–H and O–H groups in total. The number of aliphatic hydroxyl groups is 1. The zero-order valence-corrected chi connectivity index (χ0v) is 16.6. The zero-order chi connectivity index (χ0) is 19.7. The predicted molar refractivity (Wildman–Crippen MR) is 105 cm³/mol. The van der Waals surface area contributed by atoms with Gasteiger partial charge in [-0.25, -0.2) is 9.78 Å². The van der Waals surface area contributed by atoms with Crippen LogP contribution >= 0.6 is 11.6 Å². The van der Waals surface area contributed by atoms with Gasteiger partial charge in [-0.05, 0) is 49.6 Å². The molecule has 1 unspecified atom stereocenters. The van der Waals surface area contributed by atoms with E-state index in [4.69, 9.17) is 21.3 Å². The van der Waals surface area contributed by atoms with Crippen molar-refractivity contribution < 1.29 is 14.6 Å². The highest BCUT2D eigenvalue weighted by Gasteiger charge is 2.25. The molecule has 27 heavy (non-hydrogen) atoms. The molecule has 6 heteroatoms.